The first-order chi connectivity index (χ1) is 13.0. The van der Waals surface area contributed by atoms with Gasteiger partial charge in [0.25, 0.3) is 0 Å². The van der Waals surface area contributed by atoms with E-state index in [1.807, 2.05) is 37.3 Å². The fraction of sp³-hybridized carbons (Fsp3) is 0.350. The molecular weight excluding hydrogens is 364 g/mol. The Balaban J connectivity index is 1.83. The zero-order valence-corrected chi connectivity index (χ0v) is 16.1. The highest BCUT2D eigenvalue weighted by molar-refractivity contribution is 7.89. The zero-order valence-electron chi connectivity index (χ0n) is 15.3. The molecule has 0 heterocycles. The van der Waals surface area contributed by atoms with Crippen LogP contribution in [0.5, 0.6) is 5.75 Å². The summed E-state index contributed by atoms with van der Waals surface area (Å²) in [6.45, 7) is 2.30. The second-order valence-electron chi connectivity index (χ2n) is 6.50. The maximum atomic E-state index is 13.1. The first-order valence-electron chi connectivity index (χ1n) is 9.05. The Labute approximate surface area is 160 Å². The van der Waals surface area contributed by atoms with Crippen LogP contribution < -0.4 is 10.1 Å². The lowest BCUT2D eigenvalue weighted by Gasteiger charge is -2.22. The van der Waals surface area contributed by atoms with Crippen LogP contribution in [0.15, 0.2) is 59.5 Å². The van der Waals surface area contributed by atoms with Crippen LogP contribution in [-0.4, -0.2) is 37.8 Å². The SMILES string of the molecule is CCOc1ccc(S(=O)(=O)N(CC(=O)NC2CC2)Cc2ccccc2)cc1. The van der Waals surface area contributed by atoms with E-state index in [1.54, 1.807) is 12.1 Å². The smallest absolute Gasteiger partial charge is 0.243 e. The van der Waals surface area contributed by atoms with Crippen molar-refractivity contribution in [3.63, 3.8) is 0 Å². The van der Waals surface area contributed by atoms with Crippen molar-refractivity contribution in [1.82, 2.24) is 9.62 Å². The molecule has 1 amide bonds. The minimum absolute atomic E-state index is 0.133. The fourth-order valence-corrected chi connectivity index (χ4v) is 4.08. The minimum Gasteiger partial charge on any atom is -0.494 e. The van der Waals surface area contributed by atoms with Gasteiger partial charge in [-0.25, -0.2) is 8.42 Å². The van der Waals surface area contributed by atoms with Crippen LogP contribution in [0.25, 0.3) is 0 Å². The van der Waals surface area contributed by atoms with E-state index in [9.17, 15) is 13.2 Å². The van der Waals surface area contributed by atoms with Gasteiger partial charge in [0.15, 0.2) is 0 Å². The third-order valence-corrected chi connectivity index (χ3v) is 6.04. The Hall–Kier alpha value is -2.38. The van der Waals surface area contributed by atoms with Crippen LogP contribution in [-0.2, 0) is 21.4 Å². The van der Waals surface area contributed by atoms with Crippen molar-refractivity contribution in [1.29, 1.82) is 0 Å². The summed E-state index contributed by atoms with van der Waals surface area (Å²) < 4.78 is 32.9. The topological polar surface area (TPSA) is 75.7 Å². The normalized spacial score (nSPS) is 14.1. The van der Waals surface area contributed by atoms with Crippen molar-refractivity contribution < 1.29 is 17.9 Å². The fourth-order valence-electron chi connectivity index (χ4n) is 2.70. The average Bonchev–Trinajstić information content (AvgIpc) is 3.47. The molecule has 0 bridgehead atoms. The van der Waals surface area contributed by atoms with E-state index in [2.05, 4.69) is 5.32 Å². The molecular formula is C20H24N2O4S. The zero-order chi connectivity index (χ0) is 19.3. The molecule has 144 valence electrons. The highest BCUT2D eigenvalue weighted by Gasteiger charge is 2.29. The first-order valence-corrected chi connectivity index (χ1v) is 10.5. The summed E-state index contributed by atoms with van der Waals surface area (Å²) in [6.07, 6.45) is 1.91. The largest absolute Gasteiger partial charge is 0.494 e. The molecule has 0 atom stereocenters. The molecule has 7 heteroatoms. The number of nitrogens with one attached hydrogen (secondary N) is 1. The van der Waals surface area contributed by atoms with Crippen LogP contribution in [0.3, 0.4) is 0 Å². The number of sulfonamides is 1. The molecule has 1 fully saturated rings. The van der Waals surface area contributed by atoms with Crippen molar-refractivity contribution in [2.75, 3.05) is 13.2 Å². The van der Waals surface area contributed by atoms with Crippen LogP contribution in [0.1, 0.15) is 25.3 Å². The number of carbonyl (C=O) groups is 1. The van der Waals surface area contributed by atoms with Crippen LogP contribution in [0.2, 0.25) is 0 Å². The van der Waals surface area contributed by atoms with Crippen molar-refractivity contribution in [2.45, 2.75) is 37.2 Å². The van der Waals surface area contributed by atoms with E-state index >= 15 is 0 Å². The van der Waals surface area contributed by atoms with Gasteiger partial charge in [0, 0.05) is 12.6 Å². The molecule has 0 saturated heterocycles. The number of rotatable bonds is 9. The third-order valence-electron chi connectivity index (χ3n) is 4.24. The maximum absolute atomic E-state index is 13.1. The summed E-state index contributed by atoms with van der Waals surface area (Å²) in [5.74, 6) is 0.334. The molecule has 6 nitrogen and oxygen atoms in total. The Morgan fingerprint density at radius 1 is 1.11 bits per heavy atom. The third kappa shape index (κ3) is 5.30. The number of hydrogen-bond acceptors (Lipinski definition) is 4. The summed E-state index contributed by atoms with van der Waals surface area (Å²) in [5.41, 5.74) is 0.825. The lowest BCUT2D eigenvalue weighted by molar-refractivity contribution is -0.121. The van der Waals surface area contributed by atoms with Gasteiger partial charge < -0.3 is 10.1 Å². The Kier molecular flexibility index (Phi) is 6.13. The van der Waals surface area contributed by atoms with Crippen molar-refractivity contribution in [2.24, 2.45) is 0 Å². The number of nitrogens with zero attached hydrogens (tertiary/aromatic N) is 1. The van der Waals surface area contributed by atoms with Gasteiger partial charge in [-0.1, -0.05) is 30.3 Å². The van der Waals surface area contributed by atoms with E-state index in [4.69, 9.17) is 4.74 Å². The Bertz CT molecular complexity index is 863. The Morgan fingerprint density at radius 3 is 2.37 bits per heavy atom. The van der Waals surface area contributed by atoms with Crippen LogP contribution in [0, 0.1) is 0 Å². The van der Waals surface area contributed by atoms with Gasteiger partial charge in [-0.2, -0.15) is 4.31 Å². The lowest BCUT2D eigenvalue weighted by atomic mass is 10.2. The molecule has 0 aromatic heterocycles. The quantitative estimate of drug-likeness (QED) is 0.716. The van der Waals surface area contributed by atoms with Gasteiger partial charge in [0.1, 0.15) is 5.75 Å². The number of ether oxygens (including phenoxy) is 1. The molecule has 0 spiro atoms. The average molecular weight is 388 g/mol. The predicted octanol–water partition coefficient (Wildman–Crippen LogP) is 2.55. The minimum atomic E-state index is -3.82. The van der Waals surface area contributed by atoms with E-state index in [-0.39, 0.29) is 29.9 Å². The summed E-state index contributed by atoms with van der Waals surface area (Å²) in [6, 6.07) is 15.7. The van der Waals surface area contributed by atoms with Gasteiger partial charge in [0.05, 0.1) is 18.0 Å². The van der Waals surface area contributed by atoms with E-state index in [1.165, 1.54) is 16.4 Å². The predicted molar refractivity (Wildman–Crippen MR) is 103 cm³/mol. The van der Waals surface area contributed by atoms with Crippen molar-refractivity contribution in [3.05, 3.63) is 60.2 Å². The molecule has 0 radical (unpaired) electrons. The highest BCUT2D eigenvalue weighted by Crippen LogP contribution is 2.22. The van der Waals surface area contributed by atoms with Crippen molar-refractivity contribution in [3.8, 4) is 5.75 Å². The summed E-state index contributed by atoms with van der Waals surface area (Å²) >= 11 is 0. The second-order valence-corrected chi connectivity index (χ2v) is 8.44. The second kappa shape index (κ2) is 8.54. The number of carbonyl (C=O) groups excluding carboxylic acids is 1. The monoisotopic (exact) mass is 388 g/mol. The van der Waals surface area contributed by atoms with E-state index in [0.717, 1.165) is 18.4 Å². The van der Waals surface area contributed by atoms with E-state index < -0.39 is 10.0 Å². The summed E-state index contributed by atoms with van der Waals surface area (Å²) in [7, 11) is -3.82. The number of amides is 1. The van der Waals surface area contributed by atoms with Gasteiger partial charge in [-0.05, 0) is 49.6 Å². The number of benzene rings is 2. The molecule has 0 aliphatic heterocycles. The molecule has 1 N–H and O–H groups in total. The molecule has 2 aromatic carbocycles. The van der Waals surface area contributed by atoms with Gasteiger partial charge >= 0.3 is 0 Å². The molecule has 3 rings (SSSR count). The van der Waals surface area contributed by atoms with Gasteiger partial charge in [-0.3, -0.25) is 4.79 Å². The standard InChI is InChI=1S/C20H24N2O4S/c1-2-26-18-10-12-19(13-11-18)27(24,25)22(14-16-6-4-3-5-7-16)15-20(23)21-17-8-9-17/h3-7,10-13,17H,2,8-9,14-15H2,1H3,(H,21,23). The summed E-state index contributed by atoms with van der Waals surface area (Å²) in [4.78, 5) is 12.4. The maximum Gasteiger partial charge on any atom is 0.243 e. The Morgan fingerprint density at radius 2 is 1.78 bits per heavy atom. The van der Waals surface area contributed by atoms with Gasteiger partial charge in [-0.15, -0.1) is 0 Å². The highest BCUT2D eigenvalue weighted by atomic mass is 32.2. The molecule has 27 heavy (non-hydrogen) atoms. The summed E-state index contributed by atoms with van der Waals surface area (Å²) in [5, 5.41) is 2.85. The molecule has 1 saturated carbocycles. The van der Waals surface area contributed by atoms with E-state index in [0.29, 0.717) is 12.4 Å². The van der Waals surface area contributed by atoms with Crippen LogP contribution in [0.4, 0.5) is 0 Å². The van der Waals surface area contributed by atoms with Gasteiger partial charge in [0.2, 0.25) is 15.9 Å². The molecule has 0 unspecified atom stereocenters. The number of hydrogen-bond donors (Lipinski definition) is 1. The van der Waals surface area contributed by atoms with Crippen LogP contribution >= 0.6 is 0 Å². The molecule has 1 aliphatic carbocycles. The van der Waals surface area contributed by atoms with Crippen molar-refractivity contribution >= 4 is 15.9 Å². The molecule has 2 aromatic rings. The lowest BCUT2D eigenvalue weighted by Crippen LogP contribution is -2.41. The first kappa shape index (κ1) is 19.4. The molecule has 1 aliphatic rings.